The predicted molar refractivity (Wildman–Crippen MR) is 60.3 cm³/mol. The number of benzene rings is 1. The van der Waals surface area contributed by atoms with Crippen LogP contribution in [0.4, 0.5) is 0 Å². The standard InChI is InChI=1S/C13H20O/c1-3-5-10-13(14)12-9-7-6-8-11(12)4-2/h6-9,13-14H,3-5,10H2,1-2H3. The Morgan fingerprint density at radius 3 is 2.57 bits per heavy atom. The van der Waals surface area contributed by atoms with Gasteiger partial charge in [-0.15, -0.1) is 0 Å². The zero-order valence-electron chi connectivity index (χ0n) is 9.16. The number of unbranched alkanes of at least 4 members (excludes halogenated alkanes) is 1. The van der Waals surface area contributed by atoms with Crippen molar-refractivity contribution in [3.05, 3.63) is 35.4 Å². The second-order valence-corrected chi connectivity index (χ2v) is 3.71. The molecule has 0 aromatic heterocycles. The number of hydrogen-bond donors (Lipinski definition) is 1. The first-order chi connectivity index (χ1) is 6.79. The van der Waals surface area contributed by atoms with Crippen molar-refractivity contribution in [2.45, 2.75) is 45.6 Å². The van der Waals surface area contributed by atoms with Gasteiger partial charge in [-0.25, -0.2) is 0 Å². The molecule has 1 rings (SSSR count). The summed E-state index contributed by atoms with van der Waals surface area (Å²) in [5.74, 6) is 0. The molecule has 1 aromatic carbocycles. The summed E-state index contributed by atoms with van der Waals surface area (Å²) in [6.45, 7) is 4.28. The molecule has 0 spiro atoms. The third-order valence-corrected chi connectivity index (χ3v) is 2.63. The van der Waals surface area contributed by atoms with Crippen molar-refractivity contribution in [1.82, 2.24) is 0 Å². The van der Waals surface area contributed by atoms with E-state index < -0.39 is 0 Å². The molecule has 0 bridgehead atoms. The molecule has 1 heteroatoms. The second-order valence-electron chi connectivity index (χ2n) is 3.71. The van der Waals surface area contributed by atoms with Crippen LogP contribution in [-0.4, -0.2) is 5.11 Å². The van der Waals surface area contributed by atoms with Crippen LogP contribution < -0.4 is 0 Å². The Kier molecular flexibility index (Phi) is 4.68. The van der Waals surface area contributed by atoms with Gasteiger partial charge in [-0.1, -0.05) is 51.0 Å². The van der Waals surface area contributed by atoms with E-state index in [0.29, 0.717) is 0 Å². The first-order valence-corrected chi connectivity index (χ1v) is 5.55. The molecule has 14 heavy (non-hydrogen) atoms. The van der Waals surface area contributed by atoms with Gasteiger partial charge in [0.2, 0.25) is 0 Å². The van der Waals surface area contributed by atoms with E-state index in [0.717, 1.165) is 31.2 Å². The van der Waals surface area contributed by atoms with E-state index in [-0.39, 0.29) is 6.10 Å². The van der Waals surface area contributed by atoms with Crippen LogP contribution in [0.5, 0.6) is 0 Å². The van der Waals surface area contributed by atoms with Gasteiger partial charge in [-0.05, 0) is 24.0 Å². The molecule has 0 amide bonds. The van der Waals surface area contributed by atoms with Gasteiger partial charge >= 0.3 is 0 Å². The number of aliphatic hydroxyl groups excluding tert-OH is 1. The summed E-state index contributed by atoms with van der Waals surface area (Å²) >= 11 is 0. The molecule has 0 aliphatic carbocycles. The molecule has 1 unspecified atom stereocenters. The number of hydrogen-bond acceptors (Lipinski definition) is 1. The molecule has 0 aliphatic rings. The van der Waals surface area contributed by atoms with E-state index >= 15 is 0 Å². The average molecular weight is 192 g/mol. The summed E-state index contributed by atoms with van der Waals surface area (Å²) in [5.41, 5.74) is 2.39. The molecule has 1 nitrogen and oxygen atoms in total. The Hall–Kier alpha value is -0.820. The first kappa shape index (κ1) is 11.3. The lowest BCUT2D eigenvalue weighted by atomic mass is 9.97. The fraction of sp³-hybridized carbons (Fsp3) is 0.538. The van der Waals surface area contributed by atoms with Crippen molar-refractivity contribution >= 4 is 0 Å². The third-order valence-electron chi connectivity index (χ3n) is 2.63. The monoisotopic (exact) mass is 192 g/mol. The highest BCUT2D eigenvalue weighted by Crippen LogP contribution is 2.22. The fourth-order valence-electron chi connectivity index (χ4n) is 1.73. The maximum atomic E-state index is 9.96. The molecule has 0 fully saturated rings. The number of rotatable bonds is 5. The van der Waals surface area contributed by atoms with Crippen molar-refractivity contribution in [3.8, 4) is 0 Å². The van der Waals surface area contributed by atoms with Gasteiger partial charge in [0.25, 0.3) is 0 Å². The van der Waals surface area contributed by atoms with Gasteiger partial charge in [0.15, 0.2) is 0 Å². The maximum absolute atomic E-state index is 9.96. The van der Waals surface area contributed by atoms with Crippen LogP contribution in [0.1, 0.15) is 50.3 Å². The fourth-order valence-corrected chi connectivity index (χ4v) is 1.73. The molecular formula is C13H20O. The smallest absolute Gasteiger partial charge is 0.0792 e. The van der Waals surface area contributed by atoms with Crippen LogP contribution in [0.25, 0.3) is 0 Å². The molecule has 0 saturated carbocycles. The Labute approximate surface area is 86.8 Å². The largest absolute Gasteiger partial charge is 0.388 e. The summed E-state index contributed by atoms with van der Waals surface area (Å²) < 4.78 is 0. The summed E-state index contributed by atoms with van der Waals surface area (Å²) in [7, 11) is 0. The van der Waals surface area contributed by atoms with Gasteiger partial charge in [-0.3, -0.25) is 0 Å². The van der Waals surface area contributed by atoms with E-state index in [1.807, 2.05) is 18.2 Å². The van der Waals surface area contributed by atoms with Crippen LogP contribution in [0.15, 0.2) is 24.3 Å². The van der Waals surface area contributed by atoms with Gasteiger partial charge in [-0.2, -0.15) is 0 Å². The molecule has 1 atom stereocenters. The van der Waals surface area contributed by atoms with Crippen LogP contribution in [0, 0.1) is 0 Å². The summed E-state index contributed by atoms with van der Waals surface area (Å²) in [6, 6.07) is 8.18. The number of aryl methyl sites for hydroxylation is 1. The Balaban J connectivity index is 2.72. The highest BCUT2D eigenvalue weighted by Gasteiger charge is 2.09. The lowest BCUT2D eigenvalue weighted by Crippen LogP contribution is -2.01. The van der Waals surface area contributed by atoms with Crippen LogP contribution in [0.3, 0.4) is 0 Å². The van der Waals surface area contributed by atoms with E-state index in [1.165, 1.54) is 5.56 Å². The topological polar surface area (TPSA) is 20.2 Å². The molecule has 78 valence electrons. The SMILES string of the molecule is CCCCC(O)c1ccccc1CC. The van der Waals surface area contributed by atoms with Gasteiger partial charge in [0.05, 0.1) is 6.10 Å². The van der Waals surface area contributed by atoms with Crippen LogP contribution in [0.2, 0.25) is 0 Å². The van der Waals surface area contributed by atoms with Gasteiger partial charge in [0.1, 0.15) is 0 Å². The van der Waals surface area contributed by atoms with Crippen LogP contribution in [-0.2, 0) is 6.42 Å². The summed E-state index contributed by atoms with van der Waals surface area (Å²) in [6.07, 6.45) is 3.85. The lowest BCUT2D eigenvalue weighted by Gasteiger charge is -2.14. The average Bonchev–Trinajstić information content (AvgIpc) is 2.25. The zero-order chi connectivity index (χ0) is 10.4. The minimum atomic E-state index is -0.272. The molecule has 0 aliphatic heterocycles. The van der Waals surface area contributed by atoms with Crippen molar-refractivity contribution in [3.63, 3.8) is 0 Å². The normalized spacial score (nSPS) is 12.8. The molecule has 0 radical (unpaired) electrons. The zero-order valence-corrected chi connectivity index (χ0v) is 9.16. The number of aliphatic hydroxyl groups is 1. The third kappa shape index (κ3) is 2.85. The van der Waals surface area contributed by atoms with E-state index in [2.05, 4.69) is 19.9 Å². The lowest BCUT2D eigenvalue weighted by molar-refractivity contribution is 0.163. The summed E-state index contributed by atoms with van der Waals surface area (Å²) in [5, 5.41) is 9.96. The van der Waals surface area contributed by atoms with Crippen molar-refractivity contribution in [1.29, 1.82) is 0 Å². The first-order valence-electron chi connectivity index (χ1n) is 5.55. The Bertz CT molecular complexity index is 268. The van der Waals surface area contributed by atoms with Crippen molar-refractivity contribution < 1.29 is 5.11 Å². The van der Waals surface area contributed by atoms with Crippen LogP contribution >= 0.6 is 0 Å². The van der Waals surface area contributed by atoms with E-state index in [9.17, 15) is 5.11 Å². The highest BCUT2D eigenvalue weighted by atomic mass is 16.3. The molecule has 0 saturated heterocycles. The van der Waals surface area contributed by atoms with E-state index in [1.54, 1.807) is 0 Å². The minimum absolute atomic E-state index is 0.272. The van der Waals surface area contributed by atoms with Crippen molar-refractivity contribution in [2.24, 2.45) is 0 Å². The summed E-state index contributed by atoms with van der Waals surface area (Å²) in [4.78, 5) is 0. The highest BCUT2D eigenvalue weighted by molar-refractivity contribution is 5.28. The second kappa shape index (κ2) is 5.82. The molecule has 1 N–H and O–H groups in total. The molecular weight excluding hydrogens is 172 g/mol. The predicted octanol–water partition coefficient (Wildman–Crippen LogP) is 3.47. The quantitative estimate of drug-likeness (QED) is 0.757. The van der Waals surface area contributed by atoms with Crippen molar-refractivity contribution in [2.75, 3.05) is 0 Å². The van der Waals surface area contributed by atoms with Gasteiger partial charge in [0, 0.05) is 0 Å². The molecule has 0 heterocycles. The Morgan fingerprint density at radius 2 is 1.93 bits per heavy atom. The molecule has 1 aromatic rings. The van der Waals surface area contributed by atoms with E-state index in [4.69, 9.17) is 0 Å². The maximum Gasteiger partial charge on any atom is 0.0792 e. The Morgan fingerprint density at radius 1 is 1.21 bits per heavy atom. The minimum Gasteiger partial charge on any atom is -0.388 e. The van der Waals surface area contributed by atoms with Gasteiger partial charge < -0.3 is 5.11 Å².